The summed E-state index contributed by atoms with van der Waals surface area (Å²) in [5, 5.41) is 18.5. The Kier molecular flexibility index (Phi) is 15.8. The van der Waals surface area contributed by atoms with Crippen molar-refractivity contribution >= 4 is 46.5 Å². The first-order valence-corrected chi connectivity index (χ1v) is 15.2. The molecule has 0 aliphatic rings. The van der Waals surface area contributed by atoms with Gasteiger partial charge >= 0.3 is 5.97 Å². The number of hydrogen-bond acceptors (Lipinski definition) is 8. The average molecular weight is 645 g/mol. The first-order chi connectivity index (χ1) is 21.9. The van der Waals surface area contributed by atoms with E-state index in [1.54, 1.807) is 6.20 Å². The Morgan fingerprint density at radius 2 is 1.33 bits per heavy atom. The number of aromatic nitrogens is 1. The Morgan fingerprint density at radius 1 is 0.761 bits per heavy atom. The van der Waals surface area contributed by atoms with Gasteiger partial charge < -0.3 is 60.4 Å². The van der Waals surface area contributed by atoms with Crippen molar-refractivity contribution in [3.8, 4) is 0 Å². The maximum absolute atomic E-state index is 13.8. The number of amides is 3. The van der Waals surface area contributed by atoms with Gasteiger partial charge in [0.1, 0.15) is 18.1 Å². The third-order valence-corrected chi connectivity index (χ3v) is 7.18. The van der Waals surface area contributed by atoms with Gasteiger partial charge in [-0.05, 0) is 63.1 Å². The second-order valence-corrected chi connectivity index (χ2v) is 10.9. The third kappa shape index (κ3) is 13.0. The maximum atomic E-state index is 13.8. The van der Waals surface area contributed by atoms with Gasteiger partial charge in [-0.15, -0.1) is 0 Å². The highest BCUT2D eigenvalue weighted by Crippen LogP contribution is 2.19. The monoisotopic (exact) mass is 644 g/mol. The molecule has 17 nitrogen and oxygen atoms in total. The first kappa shape index (κ1) is 37.3. The lowest BCUT2D eigenvalue weighted by Crippen LogP contribution is -2.57. The Morgan fingerprint density at radius 3 is 1.96 bits per heavy atom. The normalized spacial score (nSPS) is 13.5. The smallest absolute Gasteiger partial charge is 0.326 e. The molecule has 0 saturated carbocycles. The van der Waals surface area contributed by atoms with Crippen LogP contribution in [0.25, 0.3) is 10.9 Å². The number of carboxylic acids is 1. The Hall–Kier alpha value is -4.90. The first-order valence-electron chi connectivity index (χ1n) is 15.2. The van der Waals surface area contributed by atoms with Gasteiger partial charge in [0.05, 0.1) is 6.04 Å². The number of unbranched alkanes of at least 4 members (excludes halogenated alkanes) is 1. The van der Waals surface area contributed by atoms with Crippen molar-refractivity contribution in [3.63, 3.8) is 0 Å². The molecule has 2 rings (SSSR count). The van der Waals surface area contributed by atoms with Crippen LogP contribution in [0.3, 0.4) is 0 Å². The molecule has 0 aliphatic carbocycles. The number of carboxylic acid groups (broad SMARTS) is 1. The summed E-state index contributed by atoms with van der Waals surface area (Å²) in [4.78, 5) is 63.0. The zero-order chi connectivity index (χ0) is 34.1. The SMILES string of the molecule is NCCCCC(NC(=O)C(CCCN=C(N)N)NC(=O)C(Cc1c[nH]c2ccccc12)NC(=O)C(N)CCCN=C(N)N)C(=O)O. The number of fused-ring (bicyclic) bond motifs is 1. The summed E-state index contributed by atoms with van der Waals surface area (Å²) in [5.41, 5.74) is 34.7. The van der Waals surface area contributed by atoms with Crippen LogP contribution in [-0.4, -0.2) is 89.5 Å². The molecule has 0 fully saturated rings. The minimum atomic E-state index is -1.21. The van der Waals surface area contributed by atoms with Gasteiger partial charge in [0.15, 0.2) is 11.9 Å². The average Bonchev–Trinajstić information content (AvgIpc) is 3.42. The summed E-state index contributed by atoms with van der Waals surface area (Å²) in [6.45, 7) is 0.834. The zero-order valence-corrected chi connectivity index (χ0v) is 25.9. The van der Waals surface area contributed by atoms with Gasteiger partial charge in [-0.2, -0.15) is 0 Å². The van der Waals surface area contributed by atoms with E-state index >= 15 is 0 Å². The van der Waals surface area contributed by atoms with Gasteiger partial charge in [-0.3, -0.25) is 24.4 Å². The van der Waals surface area contributed by atoms with Crippen molar-refractivity contribution in [3.05, 3.63) is 36.0 Å². The second kappa shape index (κ2) is 19.5. The molecule has 4 atom stereocenters. The molecule has 17 N–H and O–H groups in total. The summed E-state index contributed by atoms with van der Waals surface area (Å²) < 4.78 is 0. The molecule has 0 aliphatic heterocycles. The Bertz CT molecular complexity index is 1350. The molecule has 4 unspecified atom stereocenters. The fourth-order valence-corrected chi connectivity index (χ4v) is 4.73. The molecule has 2 aromatic rings. The quantitative estimate of drug-likeness (QED) is 0.0394. The number of nitrogens with zero attached hydrogens (tertiary/aromatic N) is 2. The lowest BCUT2D eigenvalue weighted by Gasteiger charge is -2.25. The van der Waals surface area contributed by atoms with Crippen molar-refractivity contribution in [2.75, 3.05) is 19.6 Å². The largest absolute Gasteiger partial charge is 0.480 e. The van der Waals surface area contributed by atoms with Crippen LogP contribution in [0.5, 0.6) is 0 Å². The molecule has 1 aromatic carbocycles. The number of nitrogens with one attached hydrogen (secondary N) is 4. The standard InChI is InChI=1S/C29H48N12O5/c30-12-4-3-10-22(27(45)46)40-25(43)21(11-6-14-37-29(34)35)39-26(44)23(15-17-16-38-20-9-2-1-7-18(17)20)41-24(42)19(31)8-5-13-36-28(32)33/h1-2,7,9,16,19,21-23,38H,3-6,8,10-15,30-31H2,(H,39,44)(H,40,43)(H,41,42)(H,45,46)(H4,32,33,36)(H4,34,35,37). The maximum Gasteiger partial charge on any atom is 0.326 e. The molecular weight excluding hydrogens is 596 g/mol. The van der Waals surface area contributed by atoms with Crippen molar-refractivity contribution in [2.45, 2.75) is 75.5 Å². The number of hydrogen-bond donors (Lipinski definition) is 11. The summed E-state index contributed by atoms with van der Waals surface area (Å²) in [5.74, 6) is -3.36. The number of para-hydroxylation sites is 1. The summed E-state index contributed by atoms with van der Waals surface area (Å²) in [7, 11) is 0. The van der Waals surface area contributed by atoms with Gasteiger partial charge in [0, 0.05) is 36.6 Å². The predicted molar refractivity (Wildman–Crippen MR) is 176 cm³/mol. The van der Waals surface area contributed by atoms with E-state index in [1.807, 2.05) is 24.3 Å². The van der Waals surface area contributed by atoms with Crippen molar-refractivity contribution in [2.24, 2.45) is 44.4 Å². The number of carbonyl (C=O) groups excluding carboxylic acids is 3. The molecular formula is C29H48N12O5. The van der Waals surface area contributed by atoms with E-state index in [9.17, 15) is 24.3 Å². The zero-order valence-electron chi connectivity index (χ0n) is 25.9. The van der Waals surface area contributed by atoms with Crippen LogP contribution in [0.1, 0.15) is 50.5 Å². The molecule has 1 heterocycles. The topological polar surface area (TPSA) is 321 Å². The molecule has 0 bridgehead atoms. The number of aromatic amines is 1. The number of aliphatic imine (C=N–C) groups is 2. The third-order valence-electron chi connectivity index (χ3n) is 7.18. The molecule has 0 saturated heterocycles. The summed E-state index contributed by atoms with van der Waals surface area (Å²) >= 11 is 0. The van der Waals surface area contributed by atoms with Gasteiger partial charge in [0.25, 0.3) is 0 Å². The number of guanidine groups is 2. The lowest BCUT2D eigenvalue weighted by molar-refractivity contribution is -0.142. The van der Waals surface area contributed by atoms with E-state index in [-0.39, 0.29) is 50.7 Å². The van der Waals surface area contributed by atoms with Crippen LogP contribution in [0.15, 0.2) is 40.4 Å². The van der Waals surface area contributed by atoms with Crippen LogP contribution < -0.4 is 50.4 Å². The van der Waals surface area contributed by atoms with Crippen molar-refractivity contribution in [1.29, 1.82) is 0 Å². The molecule has 46 heavy (non-hydrogen) atoms. The minimum Gasteiger partial charge on any atom is -0.480 e. The number of carbonyl (C=O) groups is 4. The second-order valence-electron chi connectivity index (χ2n) is 10.9. The van der Waals surface area contributed by atoms with Gasteiger partial charge in [-0.25, -0.2) is 4.79 Å². The fourth-order valence-electron chi connectivity index (χ4n) is 4.73. The van der Waals surface area contributed by atoms with E-state index in [2.05, 4.69) is 30.9 Å². The van der Waals surface area contributed by atoms with E-state index in [1.165, 1.54) is 0 Å². The van der Waals surface area contributed by atoms with Crippen LogP contribution in [0.4, 0.5) is 0 Å². The fraction of sp³-hybridized carbons (Fsp3) is 0.517. The van der Waals surface area contributed by atoms with E-state index in [0.717, 1.165) is 16.5 Å². The summed E-state index contributed by atoms with van der Waals surface area (Å²) in [6, 6.07) is 3.03. The molecule has 0 spiro atoms. The molecule has 17 heteroatoms. The highest BCUT2D eigenvalue weighted by Gasteiger charge is 2.30. The molecule has 3 amide bonds. The molecule has 0 radical (unpaired) electrons. The van der Waals surface area contributed by atoms with Crippen LogP contribution >= 0.6 is 0 Å². The van der Waals surface area contributed by atoms with Crippen LogP contribution in [0.2, 0.25) is 0 Å². The molecule has 254 valence electrons. The number of benzene rings is 1. The summed E-state index contributed by atoms with van der Waals surface area (Å²) in [6.07, 6.45) is 4.10. The van der Waals surface area contributed by atoms with E-state index < -0.39 is 47.9 Å². The number of H-pyrrole nitrogens is 1. The van der Waals surface area contributed by atoms with Gasteiger partial charge in [-0.1, -0.05) is 18.2 Å². The van der Waals surface area contributed by atoms with E-state index in [4.69, 9.17) is 34.4 Å². The van der Waals surface area contributed by atoms with Crippen LogP contribution in [0, 0.1) is 0 Å². The van der Waals surface area contributed by atoms with Crippen LogP contribution in [-0.2, 0) is 25.6 Å². The number of rotatable bonds is 21. The number of nitrogens with two attached hydrogens (primary N) is 6. The highest BCUT2D eigenvalue weighted by molar-refractivity contribution is 5.95. The van der Waals surface area contributed by atoms with Crippen molar-refractivity contribution < 1.29 is 24.3 Å². The minimum absolute atomic E-state index is 0.0709. The lowest BCUT2D eigenvalue weighted by atomic mass is 10.0. The predicted octanol–water partition coefficient (Wildman–Crippen LogP) is -2.19. The highest BCUT2D eigenvalue weighted by atomic mass is 16.4. The Labute approximate surface area is 267 Å². The number of aliphatic carboxylic acids is 1. The molecule has 1 aromatic heterocycles. The van der Waals surface area contributed by atoms with Gasteiger partial charge in [0.2, 0.25) is 17.7 Å². The Balaban J connectivity index is 2.28. The van der Waals surface area contributed by atoms with Crippen molar-refractivity contribution in [1.82, 2.24) is 20.9 Å². The van der Waals surface area contributed by atoms with E-state index in [0.29, 0.717) is 32.2 Å².